The van der Waals surface area contributed by atoms with E-state index < -0.39 is 0 Å². The number of nitrogens with one attached hydrogen (secondary N) is 1. The van der Waals surface area contributed by atoms with Crippen LogP contribution in [-0.4, -0.2) is 6.04 Å². The van der Waals surface area contributed by atoms with Gasteiger partial charge in [-0.25, -0.2) is 0 Å². The summed E-state index contributed by atoms with van der Waals surface area (Å²) in [5.74, 6) is 0. The first-order valence-electron chi connectivity index (χ1n) is 7.80. The van der Waals surface area contributed by atoms with Crippen LogP contribution in [-0.2, 0) is 0 Å². The molecule has 0 bridgehead atoms. The summed E-state index contributed by atoms with van der Waals surface area (Å²) in [5, 5.41) is 15.2. The lowest BCUT2D eigenvalue weighted by molar-refractivity contribution is 0.217. The number of hydrogen-bond donors (Lipinski definition) is 1. The van der Waals surface area contributed by atoms with Gasteiger partial charge in [0.05, 0.1) is 11.6 Å². The number of rotatable bonds is 2. The van der Waals surface area contributed by atoms with E-state index in [0.717, 1.165) is 22.0 Å². The fraction of sp³-hybridized carbons (Fsp3) is 0.421. The minimum absolute atomic E-state index is 0.327. The van der Waals surface area contributed by atoms with Crippen LogP contribution in [0.3, 0.4) is 0 Å². The summed E-state index contributed by atoms with van der Waals surface area (Å²) in [6.07, 6.45) is 5.13. The normalized spacial score (nSPS) is 20.9. The molecule has 108 valence electrons. The zero-order valence-corrected chi connectivity index (χ0v) is 12.8. The van der Waals surface area contributed by atoms with E-state index in [0.29, 0.717) is 11.5 Å². The Morgan fingerprint density at radius 3 is 2.57 bits per heavy atom. The van der Waals surface area contributed by atoms with E-state index in [2.05, 4.69) is 37.4 Å². The topological polar surface area (TPSA) is 35.8 Å². The van der Waals surface area contributed by atoms with E-state index in [-0.39, 0.29) is 0 Å². The highest BCUT2D eigenvalue weighted by Gasteiger charge is 2.32. The van der Waals surface area contributed by atoms with Gasteiger partial charge in [-0.2, -0.15) is 5.26 Å². The predicted octanol–water partition coefficient (Wildman–Crippen LogP) is 5.09. The van der Waals surface area contributed by atoms with Crippen LogP contribution in [0.1, 0.15) is 45.1 Å². The Kier molecular flexibility index (Phi) is 3.59. The molecule has 0 saturated heterocycles. The summed E-state index contributed by atoms with van der Waals surface area (Å²) < 4.78 is 0. The summed E-state index contributed by atoms with van der Waals surface area (Å²) >= 11 is 0. The minimum atomic E-state index is 0.327. The average Bonchev–Trinajstić information content (AvgIpc) is 2.49. The van der Waals surface area contributed by atoms with Crippen molar-refractivity contribution in [2.75, 3.05) is 5.32 Å². The molecule has 1 unspecified atom stereocenters. The molecule has 1 saturated carbocycles. The summed E-state index contributed by atoms with van der Waals surface area (Å²) in [7, 11) is 0. The van der Waals surface area contributed by atoms with E-state index in [9.17, 15) is 5.26 Å². The van der Waals surface area contributed by atoms with Crippen molar-refractivity contribution in [3.8, 4) is 6.07 Å². The molecule has 2 aromatic rings. The van der Waals surface area contributed by atoms with Crippen LogP contribution in [0.4, 0.5) is 5.69 Å². The number of hydrogen-bond acceptors (Lipinski definition) is 2. The molecule has 0 spiro atoms. The highest BCUT2D eigenvalue weighted by Crippen LogP contribution is 2.38. The zero-order valence-electron chi connectivity index (χ0n) is 12.8. The Morgan fingerprint density at radius 2 is 1.86 bits per heavy atom. The van der Waals surface area contributed by atoms with Gasteiger partial charge in [0.15, 0.2) is 0 Å². The zero-order chi connectivity index (χ0) is 14.9. The van der Waals surface area contributed by atoms with Crippen LogP contribution in [0.2, 0.25) is 0 Å². The van der Waals surface area contributed by atoms with E-state index in [1.807, 2.05) is 24.3 Å². The van der Waals surface area contributed by atoms with Crippen molar-refractivity contribution >= 4 is 16.5 Å². The first kappa shape index (κ1) is 13.9. The molecular weight excluding hydrogens is 256 g/mol. The van der Waals surface area contributed by atoms with Gasteiger partial charge < -0.3 is 5.32 Å². The van der Waals surface area contributed by atoms with Gasteiger partial charge >= 0.3 is 0 Å². The molecular formula is C19H22N2. The Bertz CT molecular complexity index is 694. The molecule has 2 nitrogen and oxygen atoms in total. The van der Waals surface area contributed by atoms with Crippen LogP contribution in [0, 0.1) is 16.7 Å². The molecule has 21 heavy (non-hydrogen) atoms. The SMILES string of the molecule is CC1(C)CCCCC1Nc1ccc(C#N)c2ccccc12. The van der Waals surface area contributed by atoms with Gasteiger partial charge in [-0.1, -0.05) is 51.0 Å². The maximum Gasteiger partial charge on any atom is 0.0998 e. The third kappa shape index (κ3) is 2.61. The molecule has 0 heterocycles. The van der Waals surface area contributed by atoms with Gasteiger partial charge in [0.2, 0.25) is 0 Å². The Hall–Kier alpha value is -2.01. The first-order chi connectivity index (χ1) is 10.1. The Balaban J connectivity index is 2.00. The van der Waals surface area contributed by atoms with Crippen LogP contribution in [0.15, 0.2) is 36.4 Å². The fourth-order valence-corrected chi connectivity index (χ4v) is 3.47. The molecule has 0 aliphatic heterocycles. The third-order valence-electron chi connectivity index (χ3n) is 4.88. The standard InChI is InChI=1S/C19H22N2/c1-19(2)12-6-5-9-18(19)21-17-11-10-14(13-20)15-7-3-4-8-16(15)17/h3-4,7-8,10-11,18,21H,5-6,9,12H2,1-2H3. The van der Waals surface area contributed by atoms with Crippen molar-refractivity contribution in [2.24, 2.45) is 5.41 Å². The maximum absolute atomic E-state index is 9.26. The Morgan fingerprint density at radius 1 is 1.10 bits per heavy atom. The molecule has 1 atom stereocenters. The molecule has 1 aliphatic carbocycles. The highest BCUT2D eigenvalue weighted by atomic mass is 14.9. The number of benzene rings is 2. The van der Waals surface area contributed by atoms with Crippen LogP contribution in [0.5, 0.6) is 0 Å². The first-order valence-corrected chi connectivity index (χ1v) is 7.80. The van der Waals surface area contributed by atoms with Gasteiger partial charge in [-0.15, -0.1) is 0 Å². The van der Waals surface area contributed by atoms with Gasteiger partial charge in [0.25, 0.3) is 0 Å². The molecule has 0 aromatic heterocycles. The van der Waals surface area contributed by atoms with E-state index in [4.69, 9.17) is 0 Å². The average molecular weight is 278 g/mol. The van der Waals surface area contributed by atoms with Crippen molar-refractivity contribution in [1.29, 1.82) is 5.26 Å². The van der Waals surface area contributed by atoms with Crippen molar-refractivity contribution in [2.45, 2.75) is 45.6 Å². The summed E-state index contributed by atoms with van der Waals surface area (Å²) in [4.78, 5) is 0. The quantitative estimate of drug-likeness (QED) is 0.830. The molecule has 3 rings (SSSR count). The lowest BCUT2D eigenvalue weighted by Gasteiger charge is -2.40. The molecule has 2 heteroatoms. The number of fused-ring (bicyclic) bond motifs is 1. The second-order valence-corrected chi connectivity index (χ2v) is 6.75. The fourth-order valence-electron chi connectivity index (χ4n) is 3.47. The molecule has 1 aliphatic rings. The molecule has 1 N–H and O–H groups in total. The third-order valence-corrected chi connectivity index (χ3v) is 4.88. The largest absolute Gasteiger partial charge is 0.381 e. The van der Waals surface area contributed by atoms with E-state index in [1.165, 1.54) is 25.7 Å². The highest BCUT2D eigenvalue weighted by molar-refractivity contribution is 5.97. The van der Waals surface area contributed by atoms with Crippen LogP contribution >= 0.6 is 0 Å². The molecule has 2 aromatic carbocycles. The lowest BCUT2D eigenvalue weighted by Crippen LogP contribution is -2.38. The van der Waals surface area contributed by atoms with Crippen molar-refractivity contribution in [3.63, 3.8) is 0 Å². The number of nitrogens with zero attached hydrogens (tertiary/aromatic N) is 1. The second-order valence-electron chi connectivity index (χ2n) is 6.75. The monoisotopic (exact) mass is 278 g/mol. The number of nitriles is 1. The summed E-state index contributed by atoms with van der Waals surface area (Å²) in [5.41, 5.74) is 2.23. The lowest BCUT2D eigenvalue weighted by atomic mass is 9.73. The number of anilines is 1. The van der Waals surface area contributed by atoms with Crippen LogP contribution < -0.4 is 5.32 Å². The summed E-state index contributed by atoms with van der Waals surface area (Å²) in [6, 6.07) is 15.0. The van der Waals surface area contributed by atoms with Gasteiger partial charge in [-0.3, -0.25) is 0 Å². The molecule has 1 fully saturated rings. The second kappa shape index (κ2) is 5.41. The van der Waals surface area contributed by atoms with Crippen molar-refractivity contribution < 1.29 is 0 Å². The molecule has 0 radical (unpaired) electrons. The maximum atomic E-state index is 9.26. The van der Waals surface area contributed by atoms with Gasteiger partial charge in [-0.05, 0) is 30.4 Å². The van der Waals surface area contributed by atoms with Gasteiger partial charge in [0, 0.05) is 22.5 Å². The Labute approximate surface area is 126 Å². The van der Waals surface area contributed by atoms with E-state index in [1.54, 1.807) is 0 Å². The van der Waals surface area contributed by atoms with Crippen molar-refractivity contribution in [3.05, 3.63) is 42.0 Å². The molecule has 0 amide bonds. The summed E-state index contributed by atoms with van der Waals surface area (Å²) in [6.45, 7) is 4.71. The van der Waals surface area contributed by atoms with Gasteiger partial charge in [0.1, 0.15) is 0 Å². The van der Waals surface area contributed by atoms with E-state index >= 15 is 0 Å². The predicted molar refractivity (Wildman–Crippen MR) is 88.3 cm³/mol. The van der Waals surface area contributed by atoms with Crippen molar-refractivity contribution in [1.82, 2.24) is 0 Å². The minimum Gasteiger partial charge on any atom is -0.381 e. The van der Waals surface area contributed by atoms with Crippen LogP contribution in [0.25, 0.3) is 10.8 Å². The smallest absolute Gasteiger partial charge is 0.0998 e.